The molecule has 0 spiro atoms. The second kappa shape index (κ2) is 5.96. The lowest BCUT2D eigenvalue weighted by Crippen LogP contribution is -2.21. The van der Waals surface area contributed by atoms with E-state index in [4.69, 9.17) is 4.52 Å². The highest BCUT2D eigenvalue weighted by atomic mass is 32.2. The Balaban J connectivity index is 1.94. The van der Waals surface area contributed by atoms with Crippen LogP contribution in [0.4, 0.5) is 13.2 Å². The van der Waals surface area contributed by atoms with Crippen molar-refractivity contribution in [2.75, 3.05) is 18.8 Å². The van der Waals surface area contributed by atoms with Crippen LogP contribution in [-0.2, 0) is 6.42 Å². The molecule has 1 rings (SSSR count). The van der Waals surface area contributed by atoms with Gasteiger partial charge in [-0.2, -0.15) is 18.2 Å². The van der Waals surface area contributed by atoms with Gasteiger partial charge in [0.2, 0.25) is 5.89 Å². The molecule has 0 aliphatic rings. The molecule has 1 N–H and O–H groups in total. The van der Waals surface area contributed by atoms with Crippen LogP contribution in [0.5, 0.6) is 0 Å². The number of hydrogen-bond acceptors (Lipinski definition) is 5. The van der Waals surface area contributed by atoms with Crippen molar-refractivity contribution in [3.8, 4) is 0 Å². The molecular formula is C7H10F3N3OS. The van der Waals surface area contributed by atoms with Crippen LogP contribution in [0.3, 0.4) is 0 Å². The molecule has 86 valence electrons. The maximum atomic E-state index is 11.7. The van der Waals surface area contributed by atoms with Crippen molar-refractivity contribution in [2.24, 2.45) is 0 Å². The van der Waals surface area contributed by atoms with E-state index in [0.717, 1.165) is 0 Å². The fourth-order valence-corrected chi connectivity index (χ4v) is 1.34. The maximum Gasteiger partial charge on any atom is 0.441 e. The molecule has 0 saturated carbocycles. The van der Waals surface area contributed by atoms with Gasteiger partial charge in [0.25, 0.3) is 0 Å². The first-order valence-corrected chi connectivity index (χ1v) is 5.23. The van der Waals surface area contributed by atoms with E-state index < -0.39 is 5.51 Å². The van der Waals surface area contributed by atoms with E-state index >= 15 is 0 Å². The van der Waals surface area contributed by atoms with E-state index in [1.165, 1.54) is 6.33 Å². The Morgan fingerprint density at radius 1 is 1.40 bits per heavy atom. The third kappa shape index (κ3) is 6.34. The Hall–Kier alpha value is -0.760. The third-order valence-corrected chi connectivity index (χ3v) is 2.20. The van der Waals surface area contributed by atoms with Crippen LogP contribution in [0.15, 0.2) is 10.9 Å². The first-order chi connectivity index (χ1) is 7.08. The van der Waals surface area contributed by atoms with Gasteiger partial charge >= 0.3 is 5.51 Å². The quantitative estimate of drug-likeness (QED) is 0.764. The number of thioether (sulfide) groups is 1. The highest BCUT2D eigenvalue weighted by Gasteiger charge is 2.27. The Labute approximate surface area is 88.6 Å². The average molecular weight is 241 g/mol. The van der Waals surface area contributed by atoms with Crippen LogP contribution in [0.1, 0.15) is 5.89 Å². The normalized spacial score (nSPS) is 11.9. The molecule has 0 fully saturated rings. The molecule has 0 aromatic carbocycles. The second-order valence-electron chi connectivity index (χ2n) is 2.63. The summed E-state index contributed by atoms with van der Waals surface area (Å²) in [6.07, 6.45) is 1.81. The molecule has 0 aliphatic carbocycles. The second-order valence-corrected chi connectivity index (χ2v) is 3.79. The smallest absolute Gasteiger partial charge is 0.340 e. The molecule has 1 heterocycles. The minimum absolute atomic E-state index is 0.00728. The standard InChI is InChI=1S/C7H10F3N3OS/c8-7(9,10)15-4-3-11-2-1-6-12-5-13-14-6/h5,11H,1-4H2. The van der Waals surface area contributed by atoms with Gasteiger partial charge in [-0.05, 0) is 11.8 Å². The van der Waals surface area contributed by atoms with E-state index in [1.54, 1.807) is 0 Å². The van der Waals surface area contributed by atoms with E-state index in [1.807, 2.05) is 0 Å². The van der Waals surface area contributed by atoms with Gasteiger partial charge in [-0.3, -0.25) is 0 Å². The van der Waals surface area contributed by atoms with Gasteiger partial charge in [-0.25, -0.2) is 0 Å². The molecule has 0 atom stereocenters. The van der Waals surface area contributed by atoms with Crippen molar-refractivity contribution in [3.05, 3.63) is 12.2 Å². The minimum Gasteiger partial charge on any atom is -0.340 e. The predicted octanol–water partition coefficient (Wildman–Crippen LogP) is 1.45. The fourth-order valence-electron chi connectivity index (χ4n) is 0.865. The summed E-state index contributed by atoms with van der Waals surface area (Å²) >= 11 is -0.0324. The van der Waals surface area contributed by atoms with Crippen molar-refractivity contribution >= 4 is 11.8 Å². The number of rotatable bonds is 6. The molecular weight excluding hydrogens is 231 g/mol. The summed E-state index contributed by atoms with van der Waals surface area (Å²) < 4.78 is 39.8. The lowest BCUT2D eigenvalue weighted by molar-refractivity contribution is -0.0327. The summed E-state index contributed by atoms with van der Waals surface area (Å²) in [4.78, 5) is 3.77. The number of halogens is 3. The zero-order chi connectivity index (χ0) is 11.1. The molecule has 0 saturated heterocycles. The van der Waals surface area contributed by atoms with Crippen LogP contribution in [0.2, 0.25) is 0 Å². The summed E-state index contributed by atoms with van der Waals surface area (Å²) in [5.41, 5.74) is -4.14. The molecule has 1 aromatic heterocycles. The van der Waals surface area contributed by atoms with E-state index in [0.29, 0.717) is 25.4 Å². The Morgan fingerprint density at radius 2 is 2.20 bits per heavy atom. The summed E-state index contributed by atoms with van der Waals surface area (Å²) in [6, 6.07) is 0. The van der Waals surface area contributed by atoms with Crippen molar-refractivity contribution in [1.29, 1.82) is 0 Å². The summed E-state index contributed by atoms with van der Waals surface area (Å²) in [6.45, 7) is 0.832. The van der Waals surface area contributed by atoms with Gasteiger partial charge in [0.05, 0.1) is 0 Å². The van der Waals surface area contributed by atoms with Gasteiger partial charge in [0.1, 0.15) is 0 Å². The van der Waals surface area contributed by atoms with Gasteiger partial charge < -0.3 is 9.84 Å². The number of alkyl halides is 3. The number of nitrogens with zero attached hydrogens (tertiary/aromatic N) is 2. The molecule has 8 heteroatoms. The molecule has 0 unspecified atom stereocenters. The summed E-state index contributed by atoms with van der Waals surface area (Å²) in [5, 5.41) is 6.25. The van der Waals surface area contributed by atoms with Crippen LogP contribution in [-0.4, -0.2) is 34.5 Å². The van der Waals surface area contributed by atoms with Crippen molar-refractivity contribution in [1.82, 2.24) is 15.5 Å². The number of nitrogens with one attached hydrogen (secondary N) is 1. The number of hydrogen-bond donors (Lipinski definition) is 1. The topological polar surface area (TPSA) is 51.0 Å². The Bertz CT molecular complexity index is 265. The molecule has 15 heavy (non-hydrogen) atoms. The lowest BCUT2D eigenvalue weighted by atomic mass is 10.4. The first-order valence-electron chi connectivity index (χ1n) is 4.25. The summed E-state index contributed by atoms with van der Waals surface area (Å²) in [5.74, 6) is 0.485. The lowest BCUT2D eigenvalue weighted by Gasteiger charge is -2.05. The van der Waals surface area contributed by atoms with E-state index in [2.05, 4.69) is 15.5 Å². The molecule has 4 nitrogen and oxygen atoms in total. The average Bonchev–Trinajstić information content (AvgIpc) is 2.61. The van der Waals surface area contributed by atoms with E-state index in [-0.39, 0.29) is 17.5 Å². The SMILES string of the molecule is FC(F)(F)SCCNCCc1ncno1. The number of aromatic nitrogens is 2. The zero-order valence-corrected chi connectivity index (χ0v) is 8.57. The first kappa shape index (κ1) is 12.3. The maximum absolute atomic E-state index is 11.7. The molecule has 0 aliphatic heterocycles. The molecule has 0 bridgehead atoms. The highest BCUT2D eigenvalue weighted by molar-refractivity contribution is 8.00. The van der Waals surface area contributed by atoms with Crippen LogP contribution in [0, 0.1) is 0 Å². The fraction of sp³-hybridized carbons (Fsp3) is 0.714. The van der Waals surface area contributed by atoms with Crippen molar-refractivity contribution < 1.29 is 17.7 Å². The van der Waals surface area contributed by atoms with Crippen molar-refractivity contribution in [2.45, 2.75) is 11.9 Å². The Morgan fingerprint density at radius 3 is 2.80 bits per heavy atom. The third-order valence-electron chi connectivity index (χ3n) is 1.47. The summed E-state index contributed by atoms with van der Waals surface area (Å²) in [7, 11) is 0. The molecule has 0 amide bonds. The monoisotopic (exact) mass is 241 g/mol. The predicted molar refractivity (Wildman–Crippen MR) is 49.4 cm³/mol. The van der Waals surface area contributed by atoms with Gasteiger partial charge in [-0.15, -0.1) is 0 Å². The largest absolute Gasteiger partial charge is 0.441 e. The highest BCUT2D eigenvalue weighted by Crippen LogP contribution is 2.29. The van der Waals surface area contributed by atoms with Crippen LogP contribution >= 0.6 is 11.8 Å². The van der Waals surface area contributed by atoms with Gasteiger partial charge in [0, 0.05) is 25.3 Å². The molecule has 1 aromatic rings. The van der Waals surface area contributed by atoms with Crippen LogP contribution < -0.4 is 5.32 Å². The minimum atomic E-state index is -4.14. The Kier molecular flexibility index (Phi) is 4.89. The zero-order valence-electron chi connectivity index (χ0n) is 7.75. The van der Waals surface area contributed by atoms with E-state index in [9.17, 15) is 13.2 Å². The van der Waals surface area contributed by atoms with Gasteiger partial charge in [-0.1, -0.05) is 5.16 Å². The van der Waals surface area contributed by atoms with Gasteiger partial charge in [0.15, 0.2) is 6.33 Å². The van der Waals surface area contributed by atoms with Crippen LogP contribution in [0.25, 0.3) is 0 Å². The van der Waals surface area contributed by atoms with Crippen molar-refractivity contribution in [3.63, 3.8) is 0 Å². The molecule has 0 radical (unpaired) electrons.